The first-order valence-electron chi connectivity index (χ1n) is 5.28. The Morgan fingerprint density at radius 1 is 1.56 bits per heavy atom. The highest BCUT2D eigenvalue weighted by Gasteiger charge is 2.40. The summed E-state index contributed by atoms with van der Waals surface area (Å²) in [5.41, 5.74) is 0.740. The molecular weight excluding hydrogens is 280 g/mol. The van der Waals surface area contributed by atoms with Crippen LogP contribution in [0.2, 0.25) is 0 Å². The van der Waals surface area contributed by atoms with Gasteiger partial charge in [0.25, 0.3) is 10.0 Å². The van der Waals surface area contributed by atoms with Gasteiger partial charge in [-0.3, -0.25) is 0 Å². The molecule has 1 fully saturated rings. The molecule has 18 heavy (non-hydrogen) atoms. The fourth-order valence-electron chi connectivity index (χ4n) is 1.63. The zero-order valence-electron chi connectivity index (χ0n) is 9.31. The lowest BCUT2D eigenvalue weighted by atomic mass is 10.5. The quantitative estimate of drug-likeness (QED) is 0.763. The van der Waals surface area contributed by atoms with Crippen molar-refractivity contribution in [2.45, 2.75) is 23.1 Å². The first-order valence-corrected chi connectivity index (χ1v) is 7.60. The zero-order valence-corrected chi connectivity index (χ0v) is 10.9. The van der Waals surface area contributed by atoms with Crippen molar-refractivity contribution in [3.8, 4) is 0 Å². The van der Waals surface area contributed by atoms with Gasteiger partial charge in [-0.05, 0) is 12.8 Å². The summed E-state index contributed by atoms with van der Waals surface area (Å²) in [5.74, 6) is -1.37. The van der Waals surface area contributed by atoms with Crippen molar-refractivity contribution < 1.29 is 23.4 Å². The first-order chi connectivity index (χ1) is 8.48. The van der Waals surface area contributed by atoms with E-state index in [0.29, 0.717) is 0 Å². The molecule has 100 valence electrons. The predicted octanol–water partition coefficient (Wildman–Crippen LogP) is -0.0133. The Kier molecular flexibility index (Phi) is 3.66. The van der Waals surface area contributed by atoms with Crippen molar-refractivity contribution in [1.29, 1.82) is 0 Å². The van der Waals surface area contributed by atoms with Crippen LogP contribution in [0.5, 0.6) is 0 Å². The number of hydrogen-bond donors (Lipinski definition) is 2. The summed E-state index contributed by atoms with van der Waals surface area (Å²) in [6, 6.07) is -0.133. The summed E-state index contributed by atoms with van der Waals surface area (Å²) >= 11 is 0.781. The van der Waals surface area contributed by atoms with E-state index in [2.05, 4.69) is 4.98 Å². The standard InChI is InChI=1S/C9H12N2O5S2/c12-4-3-11(6-1-2-6)18(15,16)9-7(8(13)14)10-5-17-9/h5-6,12H,1-4H2,(H,13,14). The van der Waals surface area contributed by atoms with Gasteiger partial charge in [-0.25, -0.2) is 18.2 Å². The molecule has 2 rings (SSSR count). The van der Waals surface area contributed by atoms with Crippen molar-refractivity contribution in [3.63, 3.8) is 0 Å². The number of aromatic nitrogens is 1. The monoisotopic (exact) mass is 292 g/mol. The van der Waals surface area contributed by atoms with Gasteiger partial charge in [0, 0.05) is 12.6 Å². The Labute approximate surface area is 108 Å². The maximum absolute atomic E-state index is 12.3. The number of thiazole rings is 1. The lowest BCUT2D eigenvalue weighted by molar-refractivity contribution is 0.0687. The number of aliphatic hydroxyl groups is 1. The van der Waals surface area contributed by atoms with Crippen molar-refractivity contribution in [2.24, 2.45) is 0 Å². The lowest BCUT2D eigenvalue weighted by Gasteiger charge is -2.19. The summed E-state index contributed by atoms with van der Waals surface area (Å²) in [5, 5.41) is 17.8. The van der Waals surface area contributed by atoms with Crippen LogP contribution in [0.1, 0.15) is 23.3 Å². The number of aliphatic hydroxyl groups excluding tert-OH is 1. The van der Waals surface area contributed by atoms with Gasteiger partial charge in [0.15, 0.2) is 9.90 Å². The van der Waals surface area contributed by atoms with E-state index in [1.807, 2.05) is 0 Å². The van der Waals surface area contributed by atoms with E-state index in [0.717, 1.165) is 28.5 Å². The fourth-order valence-corrected chi connectivity index (χ4v) is 4.56. The van der Waals surface area contributed by atoms with Crippen molar-refractivity contribution in [1.82, 2.24) is 9.29 Å². The lowest BCUT2D eigenvalue weighted by Crippen LogP contribution is -2.35. The molecule has 2 N–H and O–H groups in total. The van der Waals surface area contributed by atoms with Crippen LogP contribution in [0.4, 0.5) is 0 Å². The Morgan fingerprint density at radius 3 is 2.72 bits per heavy atom. The normalized spacial score (nSPS) is 16.1. The summed E-state index contributed by atoms with van der Waals surface area (Å²) in [6.45, 7) is -0.319. The van der Waals surface area contributed by atoms with Crippen LogP contribution in [0.15, 0.2) is 9.72 Å². The van der Waals surface area contributed by atoms with E-state index >= 15 is 0 Å². The molecule has 0 aliphatic heterocycles. The number of hydrogen-bond acceptors (Lipinski definition) is 6. The molecule has 1 aromatic heterocycles. The molecule has 1 saturated carbocycles. The summed E-state index contributed by atoms with van der Waals surface area (Å²) in [4.78, 5) is 14.5. The highest BCUT2D eigenvalue weighted by atomic mass is 32.2. The van der Waals surface area contributed by atoms with Crippen LogP contribution in [-0.4, -0.2) is 53.1 Å². The molecule has 0 bridgehead atoms. The van der Waals surface area contributed by atoms with E-state index in [-0.39, 0.29) is 23.4 Å². The Morgan fingerprint density at radius 2 is 2.22 bits per heavy atom. The Hall–Kier alpha value is -1.03. The van der Waals surface area contributed by atoms with Crippen LogP contribution >= 0.6 is 11.3 Å². The van der Waals surface area contributed by atoms with Crippen molar-refractivity contribution in [2.75, 3.05) is 13.2 Å². The molecule has 0 atom stereocenters. The second-order valence-corrected chi connectivity index (χ2v) is 6.80. The maximum Gasteiger partial charge on any atom is 0.356 e. The van der Waals surface area contributed by atoms with Crippen molar-refractivity contribution >= 4 is 27.3 Å². The largest absolute Gasteiger partial charge is 0.476 e. The van der Waals surface area contributed by atoms with E-state index in [1.165, 1.54) is 5.51 Å². The Balaban J connectivity index is 2.39. The molecule has 0 aromatic carbocycles. The van der Waals surface area contributed by atoms with E-state index in [9.17, 15) is 13.2 Å². The number of carboxylic acid groups (broad SMARTS) is 1. The maximum atomic E-state index is 12.3. The summed E-state index contributed by atoms with van der Waals surface area (Å²) in [6.07, 6.45) is 1.47. The highest BCUT2D eigenvalue weighted by molar-refractivity contribution is 7.91. The van der Waals surface area contributed by atoms with Gasteiger partial charge in [0.1, 0.15) is 0 Å². The van der Waals surface area contributed by atoms with Gasteiger partial charge in [-0.2, -0.15) is 4.31 Å². The van der Waals surface area contributed by atoms with Gasteiger partial charge in [-0.15, -0.1) is 11.3 Å². The summed E-state index contributed by atoms with van der Waals surface area (Å²) < 4.78 is 25.5. The average molecular weight is 292 g/mol. The molecule has 0 unspecified atom stereocenters. The van der Waals surface area contributed by atoms with Gasteiger partial charge in [-0.1, -0.05) is 0 Å². The molecule has 0 spiro atoms. The third-order valence-corrected chi connectivity index (χ3v) is 5.85. The van der Waals surface area contributed by atoms with Crippen LogP contribution in [0.3, 0.4) is 0 Å². The van der Waals surface area contributed by atoms with Crippen LogP contribution in [-0.2, 0) is 10.0 Å². The van der Waals surface area contributed by atoms with E-state index < -0.39 is 21.7 Å². The molecular formula is C9H12N2O5S2. The van der Waals surface area contributed by atoms with Gasteiger partial charge < -0.3 is 10.2 Å². The second-order valence-electron chi connectivity index (χ2n) is 3.86. The number of nitrogens with zero attached hydrogens (tertiary/aromatic N) is 2. The van der Waals surface area contributed by atoms with Crippen LogP contribution in [0, 0.1) is 0 Å². The minimum Gasteiger partial charge on any atom is -0.476 e. The summed E-state index contributed by atoms with van der Waals surface area (Å²) in [7, 11) is -3.88. The minimum absolute atomic E-state index is 0.0239. The number of sulfonamides is 1. The fraction of sp³-hybridized carbons (Fsp3) is 0.556. The van der Waals surface area contributed by atoms with E-state index in [4.69, 9.17) is 10.2 Å². The molecule has 9 heteroatoms. The molecule has 7 nitrogen and oxygen atoms in total. The zero-order chi connectivity index (χ0) is 13.3. The van der Waals surface area contributed by atoms with Gasteiger partial charge in [0.2, 0.25) is 0 Å². The smallest absolute Gasteiger partial charge is 0.356 e. The van der Waals surface area contributed by atoms with Gasteiger partial charge in [0.05, 0.1) is 12.1 Å². The SMILES string of the molecule is O=C(O)c1ncsc1S(=O)(=O)N(CCO)C1CC1. The van der Waals surface area contributed by atoms with Crippen molar-refractivity contribution in [3.05, 3.63) is 11.2 Å². The highest BCUT2D eigenvalue weighted by Crippen LogP contribution is 2.33. The number of rotatable bonds is 6. The second kappa shape index (κ2) is 4.92. The van der Waals surface area contributed by atoms with Gasteiger partial charge >= 0.3 is 5.97 Å². The molecule has 1 aliphatic carbocycles. The molecule has 0 amide bonds. The van der Waals surface area contributed by atoms with Crippen LogP contribution in [0.25, 0.3) is 0 Å². The van der Waals surface area contributed by atoms with Crippen LogP contribution < -0.4 is 0 Å². The number of carboxylic acids is 1. The topological polar surface area (TPSA) is 108 Å². The third kappa shape index (κ3) is 2.39. The molecule has 1 heterocycles. The minimum atomic E-state index is -3.88. The van der Waals surface area contributed by atoms with E-state index in [1.54, 1.807) is 0 Å². The molecule has 1 aliphatic rings. The third-order valence-electron chi connectivity index (χ3n) is 2.56. The molecule has 0 saturated heterocycles. The number of carbonyl (C=O) groups is 1. The Bertz CT molecular complexity index is 549. The molecule has 1 aromatic rings. The predicted molar refractivity (Wildman–Crippen MR) is 63.1 cm³/mol. The number of aromatic carboxylic acids is 1. The molecule has 0 radical (unpaired) electrons. The average Bonchev–Trinajstić information content (AvgIpc) is 2.99. The first kappa shape index (κ1) is 13.4.